The van der Waals surface area contributed by atoms with Crippen LogP contribution in [0.25, 0.3) is 11.5 Å². The van der Waals surface area contributed by atoms with Crippen molar-refractivity contribution in [1.82, 2.24) is 18.7 Å². The molecule has 2 heterocycles. The summed E-state index contributed by atoms with van der Waals surface area (Å²) in [5.41, 5.74) is 3.53. The fourth-order valence-electron chi connectivity index (χ4n) is 4.08. The first-order valence-electron chi connectivity index (χ1n) is 12.5. The highest BCUT2D eigenvalue weighted by molar-refractivity contribution is 7.86. The monoisotopic (exact) mass is 542 g/mol. The molecule has 1 aliphatic rings. The summed E-state index contributed by atoms with van der Waals surface area (Å²) in [5, 5.41) is 0. The number of hydrogen-bond acceptors (Lipinski definition) is 8. The third-order valence-corrected chi connectivity index (χ3v) is 8.02. The average Bonchev–Trinajstić information content (AvgIpc) is 3.24. The molecule has 0 saturated carbocycles. The summed E-state index contributed by atoms with van der Waals surface area (Å²) in [6, 6.07) is 15.1. The van der Waals surface area contributed by atoms with E-state index < -0.39 is 16.2 Å². The van der Waals surface area contributed by atoms with E-state index in [-0.39, 0.29) is 6.54 Å². The Morgan fingerprint density at radius 2 is 1.79 bits per heavy atom. The molecule has 11 heteroatoms. The van der Waals surface area contributed by atoms with Crippen molar-refractivity contribution in [3.05, 3.63) is 71.1 Å². The molecule has 1 aliphatic heterocycles. The Labute approximate surface area is 223 Å². The molecule has 0 atom stereocenters. The number of oxazole rings is 1. The lowest BCUT2D eigenvalue weighted by Gasteiger charge is -2.34. The second kappa shape index (κ2) is 12.1. The van der Waals surface area contributed by atoms with Gasteiger partial charge in [-0.15, -0.1) is 0 Å². The van der Waals surface area contributed by atoms with Crippen molar-refractivity contribution < 1.29 is 27.2 Å². The number of hydrogen-bond donors (Lipinski definition) is 0. The zero-order valence-electron chi connectivity index (χ0n) is 22.2. The van der Waals surface area contributed by atoms with Crippen LogP contribution in [-0.2, 0) is 32.8 Å². The van der Waals surface area contributed by atoms with Crippen LogP contribution in [0.5, 0.6) is 5.75 Å². The van der Waals surface area contributed by atoms with Gasteiger partial charge in [-0.2, -0.15) is 12.7 Å². The largest absolute Gasteiger partial charge is 0.493 e. The standard InChI is InChI=1S/C27H34N4O6S/c1-20-8-10-24(11-9-20)27-28-26(21(2)36-27)12-17-35-25-7-5-6-23(18-25)19-31(37-22(3)32)38(33,34)30-15-13-29(4)14-16-30/h5-11,18H,12-17,19H2,1-4H3. The van der Waals surface area contributed by atoms with Crippen molar-refractivity contribution in [1.29, 1.82) is 0 Å². The van der Waals surface area contributed by atoms with Gasteiger partial charge in [0.1, 0.15) is 11.5 Å². The van der Waals surface area contributed by atoms with E-state index in [9.17, 15) is 13.2 Å². The fraction of sp³-hybridized carbons (Fsp3) is 0.407. The molecule has 0 radical (unpaired) electrons. The van der Waals surface area contributed by atoms with Crippen LogP contribution >= 0.6 is 0 Å². The van der Waals surface area contributed by atoms with E-state index in [1.807, 2.05) is 50.1 Å². The van der Waals surface area contributed by atoms with Crippen molar-refractivity contribution >= 4 is 16.2 Å². The zero-order valence-corrected chi connectivity index (χ0v) is 23.0. The minimum absolute atomic E-state index is 0.131. The van der Waals surface area contributed by atoms with E-state index in [0.717, 1.165) is 21.5 Å². The third-order valence-electron chi connectivity index (χ3n) is 6.29. The van der Waals surface area contributed by atoms with Gasteiger partial charge in [0.05, 0.1) is 18.8 Å². The quantitative estimate of drug-likeness (QED) is 0.359. The summed E-state index contributed by atoms with van der Waals surface area (Å²) in [4.78, 5) is 23.5. The Hall–Kier alpha value is -3.25. The molecule has 2 aromatic carbocycles. The van der Waals surface area contributed by atoms with Crippen molar-refractivity contribution in [3.63, 3.8) is 0 Å². The van der Waals surface area contributed by atoms with Crippen LogP contribution in [0, 0.1) is 13.8 Å². The van der Waals surface area contributed by atoms with Gasteiger partial charge in [0, 0.05) is 45.1 Å². The van der Waals surface area contributed by atoms with Gasteiger partial charge in [-0.3, -0.25) is 4.79 Å². The molecule has 0 bridgehead atoms. The summed E-state index contributed by atoms with van der Waals surface area (Å²) >= 11 is 0. The number of nitrogens with zero attached hydrogens (tertiary/aromatic N) is 4. The summed E-state index contributed by atoms with van der Waals surface area (Å²) in [6.45, 7) is 7.18. The number of benzene rings is 2. The Bertz CT molecular complexity index is 1350. The third kappa shape index (κ3) is 6.98. The number of likely N-dealkylation sites (N-methyl/N-ethyl adjacent to an activating group) is 1. The molecule has 38 heavy (non-hydrogen) atoms. The van der Waals surface area contributed by atoms with Gasteiger partial charge in [0.2, 0.25) is 5.89 Å². The zero-order chi connectivity index (χ0) is 27.3. The maximum atomic E-state index is 13.2. The molecule has 0 unspecified atom stereocenters. The van der Waals surface area contributed by atoms with Crippen LogP contribution in [0.3, 0.4) is 0 Å². The summed E-state index contributed by atoms with van der Waals surface area (Å²) in [7, 11) is -2.06. The molecule has 1 fully saturated rings. The maximum absolute atomic E-state index is 13.2. The molecule has 0 N–H and O–H groups in total. The number of ether oxygens (including phenoxy) is 1. The second-order valence-corrected chi connectivity index (χ2v) is 11.2. The SMILES string of the molecule is CC(=O)ON(Cc1cccc(OCCc2nc(-c3ccc(C)cc3)oc2C)c1)S(=O)(=O)N1CCN(C)CC1. The van der Waals surface area contributed by atoms with E-state index in [1.165, 1.54) is 16.8 Å². The number of aryl methyl sites for hydroxylation is 2. The van der Waals surface area contributed by atoms with E-state index in [0.29, 0.717) is 56.4 Å². The fourth-order valence-corrected chi connectivity index (χ4v) is 5.47. The lowest BCUT2D eigenvalue weighted by Crippen LogP contribution is -2.52. The molecule has 0 spiro atoms. The van der Waals surface area contributed by atoms with Gasteiger partial charge < -0.3 is 18.9 Å². The van der Waals surface area contributed by atoms with E-state index in [1.54, 1.807) is 24.3 Å². The first-order chi connectivity index (χ1) is 18.1. The Morgan fingerprint density at radius 1 is 1.08 bits per heavy atom. The first-order valence-corrected chi connectivity index (χ1v) is 13.9. The van der Waals surface area contributed by atoms with Gasteiger partial charge >= 0.3 is 16.2 Å². The van der Waals surface area contributed by atoms with Crippen LogP contribution in [-0.4, -0.2) is 72.9 Å². The maximum Gasteiger partial charge on any atom is 0.323 e. The van der Waals surface area contributed by atoms with Crippen LogP contribution < -0.4 is 4.74 Å². The number of hydroxylamine groups is 1. The summed E-state index contributed by atoms with van der Waals surface area (Å²) in [5.74, 6) is 1.18. The minimum atomic E-state index is -4.00. The molecule has 3 aromatic rings. The predicted molar refractivity (Wildman–Crippen MR) is 142 cm³/mol. The van der Waals surface area contributed by atoms with Gasteiger partial charge in [0.25, 0.3) is 0 Å². The first kappa shape index (κ1) is 27.8. The van der Waals surface area contributed by atoms with Crippen molar-refractivity contribution in [2.45, 2.75) is 33.7 Å². The normalized spacial score (nSPS) is 15.1. The molecule has 204 valence electrons. The molecule has 0 aliphatic carbocycles. The molecule has 1 saturated heterocycles. The molecule has 10 nitrogen and oxygen atoms in total. The summed E-state index contributed by atoms with van der Waals surface area (Å²) in [6.07, 6.45) is 0.544. The lowest BCUT2D eigenvalue weighted by molar-refractivity contribution is -0.168. The number of carbonyl (C=O) groups excluding carboxylic acids is 1. The second-order valence-electron chi connectivity index (χ2n) is 9.39. The Balaban J connectivity index is 1.39. The number of aromatic nitrogens is 1. The van der Waals surface area contributed by atoms with Crippen molar-refractivity contribution in [2.75, 3.05) is 39.8 Å². The smallest absolute Gasteiger partial charge is 0.323 e. The van der Waals surface area contributed by atoms with Gasteiger partial charge in [-0.05, 0) is 55.2 Å². The Kier molecular flexibility index (Phi) is 8.83. The van der Waals surface area contributed by atoms with E-state index in [2.05, 4.69) is 4.98 Å². The number of carbonyl (C=O) groups is 1. The highest BCUT2D eigenvalue weighted by Gasteiger charge is 2.34. The molecule has 1 aromatic heterocycles. The van der Waals surface area contributed by atoms with Gasteiger partial charge in [-0.25, -0.2) is 4.98 Å². The predicted octanol–water partition coefficient (Wildman–Crippen LogP) is 3.35. The molecule has 0 amide bonds. The van der Waals surface area contributed by atoms with Gasteiger partial charge in [0.15, 0.2) is 0 Å². The lowest BCUT2D eigenvalue weighted by atomic mass is 10.1. The highest BCUT2D eigenvalue weighted by Crippen LogP contribution is 2.23. The van der Waals surface area contributed by atoms with Crippen LogP contribution in [0.2, 0.25) is 0 Å². The average molecular weight is 543 g/mol. The molecular formula is C27H34N4O6S. The van der Waals surface area contributed by atoms with E-state index >= 15 is 0 Å². The molecular weight excluding hydrogens is 508 g/mol. The number of piperazine rings is 1. The van der Waals surface area contributed by atoms with Gasteiger partial charge in [-0.1, -0.05) is 29.8 Å². The number of rotatable bonds is 10. The van der Waals surface area contributed by atoms with Crippen LogP contribution in [0.15, 0.2) is 52.9 Å². The highest BCUT2D eigenvalue weighted by atomic mass is 32.2. The Morgan fingerprint density at radius 3 is 2.47 bits per heavy atom. The van der Waals surface area contributed by atoms with Crippen LogP contribution in [0.4, 0.5) is 0 Å². The van der Waals surface area contributed by atoms with Crippen molar-refractivity contribution in [3.8, 4) is 17.2 Å². The minimum Gasteiger partial charge on any atom is -0.493 e. The van der Waals surface area contributed by atoms with Crippen LogP contribution in [0.1, 0.15) is 29.5 Å². The summed E-state index contributed by atoms with van der Waals surface area (Å²) < 4.78 is 40.3. The van der Waals surface area contributed by atoms with Crippen molar-refractivity contribution in [2.24, 2.45) is 0 Å². The van der Waals surface area contributed by atoms with E-state index in [4.69, 9.17) is 14.0 Å². The molecule has 4 rings (SSSR count). The topological polar surface area (TPSA) is 105 Å².